The van der Waals surface area contributed by atoms with Crippen LogP contribution in [0.25, 0.3) is 21.5 Å². The molecule has 0 radical (unpaired) electrons. The van der Waals surface area contributed by atoms with Crippen LogP contribution in [0.3, 0.4) is 0 Å². The van der Waals surface area contributed by atoms with E-state index in [1.54, 1.807) is 10.6 Å². The average molecular weight is 666 g/mol. The summed E-state index contributed by atoms with van der Waals surface area (Å²) in [5.41, 5.74) is 0. The molecule has 0 atom stereocenters. The SMILES string of the molecule is CCCCCCP(CCCCCC)c1cc2ccccc2[cH-]1.CCCP(CCC)c1cc2ccccc2[cH-]1.[Cl-].[Cl-].[Ti+4]. The molecule has 5 heteroatoms. The number of benzene rings is 2. The summed E-state index contributed by atoms with van der Waals surface area (Å²) in [7, 11) is 0.161. The van der Waals surface area contributed by atoms with E-state index < -0.39 is 0 Å². The van der Waals surface area contributed by atoms with Crippen molar-refractivity contribution in [3.8, 4) is 0 Å². The number of halogens is 2. The van der Waals surface area contributed by atoms with Crippen LogP contribution in [0.15, 0.2) is 72.8 Å². The van der Waals surface area contributed by atoms with E-state index >= 15 is 0 Å². The van der Waals surface area contributed by atoms with Crippen LogP contribution in [0.1, 0.15) is 91.9 Å². The number of unbranched alkanes of at least 4 members (excludes halogenated alkanes) is 6. The zero-order chi connectivity index (χ0) is 27.0. The second-order valence-electron chi connectivity index (χ2n) is 10.8. The van der Waals surface area contributed by atoms with E-state index in [0.29, 0.717) is 0 Å². The summed E-state index contributed by atoms with van der Waals surface area (Å²) in [6.45, 7) is 9.20. The molecule has 4 rings (SSSR count). The molecule has 0 amide bonds. The van der Waals surface area contributed by atoms with Crippen molar-refractivity contribution >= 4 is 48.0 Å². The molecule has 0 aliphatic rings. The Morgan fingerprint density at radius 2 is 0.878 bits per heavy atom. The molecule has 0 N–H and O–H groups in total. The molecule has 0 spiro atoms. The number of hydrogen-bond donors (Lipinski definition) is 0. The van der Waals surface area contributed by atoms with E-state index in [1.807, 2.05) is 0 Å². The van der Waals surface area contributed by atoms with E-state index in [9.17, 15) is 0 Å². The maximum absolute atomic E-state index is 2.47. The average Bonchev–Trinajstić information content (AvgIpc) is 3.57. The van der Waals surface area contributed by atoms with Gasteiger partial charge in [0, 0.05) is 0 Å². The zero-order valence-electron chi connectivity index (χ0n) is 26.0. The minimum atomic E-state index is 0. The fourth-order valence-corrected chi connectivity index (χ4v) is 10.4. The van der Waals surface area contributed by atoms with Gasteiger partial charge in [0.2, 0.25) is 0 Å². The molecule has 0 nitrogen and oxygen atoms in total. The van der Waals surface area contributed by atoms with Gasteiger partial charge in [-0.1, -0.05) is 107 Å². The van der Waals surface area contributed by atoms with Crippen molar-refractivity contribution in [2.45, 2.75) is 91.9 Å². The maximum atomic E-state index is 2.47. The molecule has 0 aromatic heterocycles. The molecular formula is C36H52Cl2P2Ti. The van der Waals surface area contributed by atoms with E-state index in [2.05, 4.69) is 100 Å². The molecule has 4 aromatic rings. The Bertz CT molecular complexity index is 1080. The van der Waals surface area contributed by atoms with Gasteiger partial charge in [0.1, 0.15) is 0 Å². The number of rotatable bonds is 16. The number of fused-ring (bicyclic) bond motifs is 2. The summed E-state index contributed by atoms with van der Waals surface area (Å²) in [6, 6.07) is 27.3. The van der Waals surface area contributed by atoms with Gasteiger partial charge in [-0.3, -0.25) is 0 Å². The fourth-order valence-electron chi connectivity index (χ4n) is 5.37. The molecule has 0 unspecified atom stereocenters. The van der Waals surface area contributed by atoms with Crippen LogP contribution in [0.2, 0.25) is 0 Å². The van der Waals surface area contributed by atoms with Gasteiger partial charge < -0.3 is 24.8 Å². The minimum Gasteiger partial charge on any atom is -1.00 e. The fraction of sp³-hybridized carbons (Fsp3) is 0.500. The molecule has 0 bridgehead atoms. The molecule has 0 saturated heterocycles. The van der Waals surface area contributed by atoms with Crippen molar-refractivity contribution < 1.29 is 46.5 Å². The number of hydrogen-bond acceptors (Lipinski definition) is 0. The van der Waals surface area contributed by atoms with Crippen molar-refractivity contribution in [2.24, 2.45) is 0 Å². The maximum Gasteiger partial charge on any atom is 4.00 e. The van der Waals surface area contributed by atoms with Crippen LogP contribution in [0.5, 0.6) is 0 Å². The van der Waals surface area contributed by atoms with Gasteiger partial charge in [0.15, 0.2) is 0 Å². The summed E-state index contributed by atoms with van der Waals surface area (Å²) >= 11 is 0. The van der Waals surface area contributed by atoms with Crippen molar-refractivity contribution in [1.82, 2.24) is 0 Å². The Morgan fingerprint density at radius 3 is 1.24 bits per heavy atom. The first-order chi connectivity index (χ1) is 18.7. The standard InChI is InChI=1S/C21H32P.C15H20P.2ClH.Ti/c1-3-5-7-11-15-22(16-12-8-6-4-2)21-17-19-13-9-10-14-20(19)18-21;1-3-9-16(10-4-2)15-11-13-7-5-6-8-14(13)12-15;;;/h9-10,13-14,17-18H,3-8,11-12,15-16H2,1-2H3;5-8,11-12H,3-4,9-10H2,1-2H3;2*1H;/q2*-1;;;+4/p-2. The van der Waals surface area contributed by atoms with Crippen molar-refractivity contribution in [3.05, 3.63) is 72.8 Å². The first-order valence-corrected chi connectivity index (χ1v) is 18.9. The predicted octanol–water partition coefficient (Wildman–Crippen LogP) is 5.32. The molecule has 0 heterocycles. The molecule has 41 heavy (non-hydrogen) atoms. The molecular weight excluding hydrogens is 613 g/mol. The van der Waals surface area contributed by atoms with Crippen LogP contribution >= 0.6 is 15.8 Å². The zero-order valence-corrected chi connectivity index (χ0v) is 30.8. The molecule has 0 fully saturated rings. The second kappa shape index (κ2) is 24.2. The van der Waals surface area contributed by atoms with E-state index in [0.717, 1.165) is 0 Å². The van der Waals surface area contributed by atoms with Gasteiger partial charge in [-0.15, -0.1) is 80.7 Å². The molecule has 0 saturated carbocycles. The van der Waals surface area contributed by atoms with E-state index in [4.69, 9.17) is 0 Å². The Kier molecular flexibility index (Phi) is 24.1. The van der Waals surface area contributed by atoms with Gasteiger partial charge in [-0.2, -0.15) is 12.1 Å². The third-order valence-corrected chi connectivity index (χ3v) is 13.1. The largest absolute Gasteiger partial charge is 4.00 e. The van der Waals surface area contributed by atoms with Crippen molar-refractivity contribution in [1.29, 1.82) is 0 Å². The van der Waals surface area contributed by atoms with Crippen molar-refractivity contribution in [2.75, 3.05) is 24.6 Å². The summed E-state index contributed by atoms with van der Waals surface area (Å²) < 4.78 is 0. The van der Waals surface area contributed by atoms with Crippen molar-refractivity contribution in [3.63, 3.8) is 0 Å². The second-order valence-corrected chi connectivity index (χ2v) is 15.8. The van der Waals surface area contributed by atoms with Crippen LogP contribution in [0, 0.1) is 0 Å². The third-order valence-electron chi connectivity index (χ3n) is 7.49. The first kappa shape index (κ1) is 40.8. The summed E-state index contributed by atoms with van der Waals surface area (Å²) in [4.78, 5) is 0. The smallest absolute Gasteiger partial charge is 1.00 e. The van der Waals surface area contributed by atoms with Gasteiger partial charge in [0.05, 0.1) is 0 Å². The topological polar surface area (TPSA) is 0 Å². The van der Waals surface area contributed by atoms with Crippen LogP contribution in [0.4, 0.5) is 0 Å². The van der Waals surface area contributed by atoms with Gasteiger partial charge in [0.25, 0.3) is 0 Å². The molecule has 0 aliphatic heterocycles. The van der Waals surface area contributed by atoms with Gasteiger partial charge >= 0.3 is 21.7 Å². The molecule has 4 aromatic carbocycles. The molecule has 224 valence electrons. The van der Waals surface area contributed by atoms with Crippen LogP contribution < -0.4 is 35.4 Å². The predicted molar refractivity (Wildman–Crippen MR) is 181 cm³/mol. The Morgan fingerprint density at radius 1 is 0.488 bits per heavy atom. The molecule has 0 aliphatic carbocycles. The quantitative estimate of drug-likeness (QED) is 0.0659. The third kappa shape index (κ3) is 14.0. The Labute approximate surface area is 282 Å². The van der Waals surface area contributed by atoms with Crippen LogP contribution in [-0.4, -0.2) is 24.6 Å². The monoisotopic (exact) mass is 664 g/mol. The van der Waals surface area contributed by atoms with E-state index in [-0.39, 0.29) is 62.4 Å². The first-order valence-electron chi connectivity index (χ1n) is 15.5. The summed E-state index contributed by atoms with van der Waals surface area (Å²) in [5.74, 6) is 0. The summed E-state index contributed by atoms with van der Waals surface area (Å²) in [5, 5.41) is 8.97. The van der Waals surface area contributed by atoms with E-state index in [1.165, 1.54) is 110 Å². The Hall–Kier alpha value is -0.186. The Balaban J connectivity index is 0.000000756. The van der Waals surface area contributed by atoms with Crippen LogP contribution in [-0.2, 0) is 21.7 Å². The summed E-state index contributed by atoms with van der Waals surface area (Å²) in [6.07, 6.45) is 19.5. The minimum absolute atomic E-state index is 0. The normalized spacial score (nSPS) is 10.7. The van der Waals surface area contributed by atoms with Gasteiger partial charge in [-0.05, 0) is 37.5 Å². The van der Waals surface area contributed by atoms with Gasteiger partial charge in [-0.25, -0.2) is 0 Å².